The topological polar surface area (TPSA) is 26.3 Å². The minimum absolute atomic E-state index is 0.0583. The van der Waals surface area contributed by atoms with Gasteiger partial charge in [-0.05, 0) is 45.5 Å². The molecule has 128 valence electrons. The van der Waals surface area contributed by atoms with Crippen LogP contribution in [0.5, 0.6) is 5.75 Å². The summed E-state index contributed by atoms with van der Waals surface area (Å²) in [6, 6.07) is 23.1. The van der Waals surface area contributed by atoms with Crippen molar-refractivity contribution < 1.29 is 9.53 Å². The summed E-state index contributed by atoms with van der Waals surface area (Å²) >= 11 is 0. The number of carbonyl (C=O) groups is 1. The van der Waals surface area contributed by atoms with E-state index in [9.17, 15) is 4.79 Å². The monoisotopic (exact) mass is 340 g/mol. The number of rotatable bonds is 6. The van der Waals surface area contributed by atoms with Crippen LogP contribution >= 0.6 is 0 Å². The van der Waals surface area contributed by atoms with Gasteiger partial charge in [0.15, 0.2) is 5.78 Å². The average molecular weight is 340 g/mol. The predicted molar refractivity (Wildman–Crippen MR) is 109 cm³/mol. The number of allylic oxidation sites excluding steroid dienone is 1. The highest BCUT2D eigenvalue weighted by atomic mass is 16.5. The molecule has 0 saturated heterocycles. The largest absolute Gasteiger partial charge is 0.493 e. The molecule has 0 aliphatic carbocycles. The van der Waals surface area contributed by atoms with Crippen LogP contribution in [0.3, 0.4) is 0 Å². The van der Waals surface area contributed by atoms with E-state index in [1.807, 2.05) is 12.1 Å². The molecule has 0 fully saturated rings. The number of hydrogen-bond donors (Lipinski definition) is 0. The van der Waals surface area contributed by atoms with E-state index in [1.165, 1.54) is 33.0 Å². The predicted octanol–water partition coefficient (Wildman–Crippen LogP) is 6.06. The second kappa shape index (κ2) is 7.01. The Labute approximate surface area is 152 Å². The van der Waals surface area contributed by atoms with Crippen LogP contribution in [0.15, 0.2) is 79.4 Å². The fraction of sp³-hybridized carbons (Fsp3) is 0.125. The highest BCUT2D eigenvalue weighted by Crippen LogP contribution is 2.39. The lowest BCUT2D eigenvalue weighted by Crippen LogP contribution is -2.01. The van der Waals surface area contributed by atoms with Crippen molar-refractivity contribution in [2.24, 2.45) is 0 Å². The number of carbonyl (C=O) groups excluding carboxylic acids is 1. The zero-order chi connectivity index (χ0) is 17.9. The Morgan fingerprint density at radius 3 is 1.96 bits per heavy atom. The molecule has 4 aromatic carbocycles. The summed E-state index contributed by atoms with van der Waals surface area (Å²) in [7, 11) is 0. The lowest BCUT2D eigenvalue weighted by atomic mass is 9.94. The molecular weight excluding hydrogens is 320 g/mol. The van der Waals surface area contributed by atoms with Gasteiger partial charge in [-0.2, -0.15) is 0 Å². The second-order valence-corrected chi connectivity index (χ2v) is 6.39. The van der Waals surface area contributed by atoms with Crippen LogP contribution in [0, 0.1) is 0 Å². The third-order valence-corrected chi connectivity index (χ3v) is 4.78. The Bertz CT molecular complexity index is 1080. The lowest BCUT2D eigenvalue weighted by Gasteiger charge is -2.14. The summed E-state index contributed by atoms with van der Waals surface area (Å²) in [6.07, 6.45) is 2.53. The molecule has 0 aliphatic heterocycles. The van der Waals surface area contributed by atoms with E-state index in [0.29, 0.717) is 19.4 Å². The number of ketones is 1. The molecule has 0 saturated carbocycles. The number of ether oxygens (including phenoxy) is 1. The van der Waals surface area contributed by atoms with Crippen LogP contribution in [0.1, 0.15) is 12.8 Å². The van der Waals surface area contributed by atoms with E-state index in [0.717, 1.165) is 11.1 Å². The maximum absolute atomic E-state index is 11.4. The van der Waals surface area contributed by atoms with Gasteiger partial charge in [0.25, 0.3) is 0 Å². The van der Waals surface area contributed by atoms with Gasteiger partial charge in [-0.1, -0.05) is 67.2 Å². The van der Waals surface area contributed by atoms with E-state index in [-0.39, 0.29) is 5.78 Å². The van der Waals surface area contributed by atoms with Gasteiger partial charge in [0.1, 0.15) is 5.75 Å². The molecule has 0 aromatic heterocycles. The molecule has 4 rings (SSSR count). The van der Waals surface area contributed by atoms with Crippen molar-refractivity contribution in [3.05, 3.63) is 79.4 Å². The Balaban J connectivity index is 1.85. The van der Waals surface area contributed by atoms with Gasteiger partial charge in [-0.15, -0.1) is 0 Å². The summed E-state index contributed by atoms with van der Waals surface area (Å²) < 4.78 is 6.08. The molecule has 0 amide bonds. The molecule has 0 bridgehead atoms. The molecule has 0 unspecified atom stereocenters. The van der Waals surface area contributed by atoms with Crippen LogP contribution in [-0.4, -0.2) is 12.4 Å². The Hall–Kier alpha value is -3.13. The van der Waals surface area contributed by atoms with Gasteiger partial charge in [0.05, 0.1) is 6.61 Å². The summed E-state index contributed by atoms with van der Waals surface area (Å²) in [4.78, 5) is 11.4. The fourth-order valence-electron chi connectivity index (χ4n) is 3.57. The highest BCUT2D eigenvalue weighted by molar-refractivity contribution is 6.26. The van der Waals surface area contributed by atoms with E-state index >= 15 is 0 Å². The van der Waals surface area contributed by atoms with Crippen LogP contribution in [0.2, 0.25) is 0 Å². The summed E-state index contributed by atoms with van der Waals surface area (Å²) in [5, 5.41) is 7.24. The number of hydrogen-bond acceptors (Lipinski definition) is 2. The maximum Gasteiger partial charge on any atom is 0.155 e. The smallest absolute Gasteiger partial charge is 0.155 e. The molecule has 0 aliphatic rings. The Kier molecular flexibility index (Phi) is 4.40. The zero-order valence-corrected chi connectivity index (χ0v) is 14.6. The summed E-state index contributed by atoms with van der Waals surface area (Å²) in [5.74, 6) is 0.929. The average Bonchev–Trinajstić information content (AvgIpc) is 2.71. The van der Waals surface area contributed by atoms with E-state index in [4.69, 9.17) is 4.74 Å². The zero-order valence-electron chi connectivity index (χ0n) is 14.6. The Morgan fingerprint density at radius 2 is 1.35 bits per heavy atom. The molecule has 0 spiro atoms. The van der Waals surface area contributed by atoms with Crippen molar-refractivity contribution in [3.63, 3.8) is 0 Å². The third kappa shape index (κ3) is 2.84. The van der Waals surface area contributed by atoms with Crippen LogP contribution in [-0.2, 0) is 4.79 Å². The van der Waals surface area contributed by atoms with Gasteiger partial charge in [-0.25, -0.2) is 0 Å². The van der Waals surface area contributed by atoms with Crippen LogP contribution in [0.25, 0.3) is 32.3 Å². The second-order valence-electron chi connectivity index (χ2n) is 6.39. The van der Waals surface area contributed by atoms with Crippen molar-refractivity contribution in [2.45, 2.75) is 12.8 Å². The van der Waals surface area contributed by atoms with Crippen LogP contribution in [0.4, 0.5) is 0 Å². The quantitative estimate of drug-likeness (QED) is 0.242. The van der Waals surface area contributed by atoms with Crippen molar-refractivity contribution >= 4 is 38.1 Å². The minimum Gasteiger partial charge on any atom is -0.493 e. The highest BCUT2D eigenvalue weighted by Gasteiger charge is 2.11. The molecule has 26 heavy (non-hydrogen) atoms. The molecule has 0 radical (unpaired) electrons. The molecule has 2 nitrogen and oxygen atoms in total. The first-order valence-corrected chi connectivity index (χ1v) is 8.90. The normalized spacial score (nSPS) is 11.1. The molecule has 0 N–H and O–H groups in total. The van der Waals surface area contributed by atoms with Gasteiger partial charge in [0, 0.05) is 11.8 Å². The molecule has 2 heteroatoms. The van der Waals surface area contributed by atoms with Crippen LogP contribution < -0.4 is 4.74 Å². The van der Waals surface area contributed by atoms with E-state index in [1.54, 1.807) is 0 Å². The molecule has 0 atom stereocenters. The van der Waals surface area contributed by atoms with Crippen molar-refractivity contribution in [1.29, 1.82) is 0 Å². The minimum atomic E-state index is 0.0583. The van der Waals surface area contributed by atoms with Crippen molar-refractivity contribution in [3.8, 4) is 5.75 Å². The molecule has 0 heterocycles. The standard InChI is InChI=1S/C24H20O2/c1-2-17(25)9-8-16-26-23-15-7-14-22-20-11-4-3-10-18(20)19-12-5-6-13-21(19)24(22)23/h2-7,10-15H,1,8-9,16H2. The molecular formula is C24H20O2. The lowest BCUT2D eigenvalue weighted by molar-refractivity contribution is -0.114. The Morgan fingerprint density at radius 1 is 0.808 bits per heavy atom. The SMILES string of the molecule is C=CC(=O)CCCOc1cccc2c3ccccc3c3ccccc3c12. The van der Waals surface area contributed by atoms with E-state index in [2.05, 4.69) is 61.2 Å². The van der Waals surface area contributed by atoms with Gasteiger partial charge in [-0.3, -0.25) is 4.79 Å². The third-order valence-electron chi connectivity index (χ3n) is 4.78. The maximum atomic E-state index is 11.4. The first kappa shape index (κ1) is 16.3. The van der Waals surface area contributed by atoms with Gasteiger partial charge in [0.2, 0.25) is 0 Å². The first-order valence-electron chi connectivity index (χ1n) is 8.90. The van der Waals surface area contributed by atoms with Crippen molar-refractivity contribution in [2.75, 3.05) is 6.61 Å². The molecule has 4 aromatic rings. The van der Waals surface area contributed by atoms with Gasteiger partial charge >= 0.3 is 0 Å². The fourth-order valence-corrected chi connectivity index (χ4v) is 3.57. The summed E-state index contributed by atoms with van der Waals surface area (Å²) in [5.41, 5.74) is 0. The number of fused-ring (bicyclic) bond motifs is 6. The summed E-state index contributed by atoms with van der Waals surface area (Å²) in [6.45, 7) is 4.02. The van der Waals surface area contributed by atoms with E-state index < -0.39 is 0 Å². The van der Waals surface area contributed by atoms with Crippen molar-refractivity contribution in [1.82, 2.24) is 0 Å². The first-order chi connectivity index (χ1) is 12.8. The van der Waals surface area contributed by atoms with Gasteiger partial charge < -0.3 is 4.74 Å². The number of benzene rings is 4.